The van der Waals surface area contributed by atoms with E-state index in [-0.39, 0.29) is 17.1 Å². The third-order valence-electron chi connectivity index (χ3n) is 2.26. The summed E-state index contributed by atoms with van der Waals surface area (Å²) in [5, 5.41) is 8.69. The number of carboxylic acid groups (broad SMARTS) is 1. The first-order valence-corrected chi connectivity index (χ1v) is 4.79. The SMILES string of the molecule is COc1ccc(-c2ccc(C(=O)O)o2)c(F)c1. The molecule has 5 heteroatoms. The standard InChI is InChI=1S/C12H9FO4/c1-16-7-2-3-8(9(13)6-7)10-4-5-11(17-10)12(14)15/h2-6H,1H3,(H,14,15). The quantitative estimate of drug-likeness (QED) is 0.890. The van der Waals surface area contributed by atoms with Crippen LogP contribution in [0.1, 0.15) is 10.6 Å². The largest absolute Gasteiger partial charge is 0.497 e. The van der Waals surface area contributed by atoms with E-state index >= 15 is 0 Å². The van der Waals surface area contributed by atoms with Gasteiger partial charge in [-0.05, 0) is 24.3 Å². The van der Waals surface area contributed by atoms with E-state index in [4.69, 9.17) is 14.3 Å². The highest BCUT2D eigenvalue weighted by molar-refractivity contribution is 5.85. The summed E-state index contributed by atoms with van der Waals surface area (Å²) in [5.74, 6) is -1.39. The average molecular weight is 236 g/mol. The number of carbonyl (C=O) groups is 1. The third kappa shape index (κ3) is 2.13. The predicted octanol–water partition coefficient (Wildman–Crippen LogP) is 2.79. The van der Waals surface area contributed by atoms with Gasteiger partial charge in [0.1, 0.15) is 17.3 Å². The Labute approximate surface area is 96.2 Å². The van der Waals surface area contributed by atoms with Gasteiger partial charge in [-0.15, -0.1) is 0 Å². The molecule has 0 spiro atoms. The average Bonchev–Trinajstić information content (AvgIpc) is 2.78. The van der Waals surface area contributed by atoms with Gasteiger partial charge in [-0.3, -0.25) is 0 Å². The number of ether oxygens (including phenoxy) is 1. The minimum Gasteiger partial charge on any atom is -0.497 e. The Kier molecular flexibility index (Phi) is 2.82. The number of carboxylic acids is 1. The number of hydrogen-bond donors (Lipinski definition) is 1. The van der Waals surface area contributed by atoms with Gasteiger partial charge in [-0.25, -0.2) is 9.18 Å². The zero-order valence-corrected chi connectivity index (χ0v) is 8.94. The maximum Gasteiger partial charge on any atom is 0.371 e. The van der Waals surface area contributed by atoms with Gasteiger partial charge in [0.25, 0.3) is 0 Å². The number of aromatic carboxylic acids is 1. The first-order chi connectivity index (χ1) is 8.11. The first kappa shape index (κ1) is 11.2. The number of rotatable bonds is 3. The van der Waals surface area contributed by atoms with Crippen molar-refractivity contribution in [2.45, 2.75) is 0 Å². The normalized spacial score (nSPS) is 10.2. The first-order valence-electron chi connectivity index (χ1n) is 4.79. The molecule has 1 aromatic carbocycles. The highest BCUT2D eigenvalue weighted by Gasteiger charge is 2.13. The molecule has 0 saturated heterocycles. The Bertz CT molecular complexity index is 559. The van der Waals surface area contributed by atoms with Crippen LogP contribution in [-0.4, -0.2) is 18.2 Å². The van der Waals surface area contributed by atoms with Crippen molar-refractivity contribution >= 4 is 5.97 Å². The van der Waals surface area contributed by atoms with Crippen LogP contribution in [0.4, 0.5) is 4.39 Å². The zero-order valence-electron chi connectivity index (χ0n) is 8.94. The van der Waals surface area contributed by atoms with Crippen molar-refractivity contribution in [2.24, 2.45) is 0 Å². The van der Waals surface area contributed by atoms with Gasteiger partial charge in [0.15, 0.2) is 0 Å². The van der Waals surface area contributed by atoms with Gasteiger partial charge in [-0.1, -0.05) is 0 Å². The Morgan fingerprint density at radius 3 is 2.65 bits per heavy atom. The van der Waals surface area contributed by atoms with E-state index in [0.29, 0.717) is 5.75 Å². The second-order valence-electron chi connectivity index (χ2n) is 3.31. The number of halogens is 1. The molecule has 0 aliphatic rings. The molecular weight excluding hydrogens is 227 g/mol. The number of methoxy groups -OCH3 is 1. The van der Waals surface area contributed by atoms with E-state index < -0.39 is 11.8 Å². The topological polar surface area (TPSA) is 59.7 Å². The van der Waals surface area contributed by atoms with Crippen molar-refractivity contribution in [1.29, 1.82) is 0 Å². The molecule has 2 aromatic rings. The van der Waals surface area contributed by atoms with Crippen molar-refractivity contribution in [3.05, 3.63) is 41.9 Å². The molecule has 0 amide bonds. The van der Waals surface area contributed by atoms with Gasteiger partial charge < -0.3 is 14.3 Å². The van der Waals surface area contributed by atoms with Crippen LogP contribution in [0.15, 0.2) is 34.7 Å². The number of furan rings is 1. The molecule has 0 aliphatic carbocycles. The maximum absolute atomic E-state index is 13.6. The zero-order chi connectivity index (χ0) is 12.4. The van der Waals surface area contributed by atoms with Gasteiger partial charge in [0.2, 0.25) is 5.76 Å². The summed E-state index contributed by atoms with van der Waals surface area (Å²) in [6.07, 6.45) is 0. The summed E-state index contributed by atoms with van der Waals surface area (Å²) in [6, 6.07) is 6.94. The molecule has 4 nitrogen and oxygen atoms in total. The molecule has 2 rings (SSSR count). The summed E-state index contributed by atoms with van der Waals surface area (Å²) in [4.78, 5) is 10.6. The Balaban J connectivity index is 2.42. The van der Waals surface area contributed by atoms with Gasteiger partial charge >= 0.3 is 5.97 Å². The molecule has 17 heavy (non-hydrogen) atoms. The van der Waals surface area contributed by atoms with Crippen LogP contribution in [0.2, 0.25) is 0 Å². The molecular formula is C12H9FO4. The summed E-state index contributed by atoms with van der Waals surface area (Å²) >= 11 is 0. The van der Waals surface area contributed by atoms with Crippen molar-refractivity contribution in [1.82, 2.24) is 0 Å². The minimum absolute atomic E-state index is 0.169. The molecule has 1 N–H and O–H groups in total. The monoisotopic (exact) mass is 236 g/mol. The fourth-order valence-corrected chi connectivity index (χ4v) is 1.42. The Morgan fingerprint density at radius 2 is 2.12 bits per heavy atom. The van der Waals surface area contributed by atoms with Crippen LogP contribution >= 0.6 is 0 Å². The molecule has 0 fully saturated rings. The molecule has 88 valence electrons. The van der Waals surface area contributed by atoms with E-state index in [9.17, 15) is 9.18 Å². The van der Waals surface area contributed by atoms with Crippen LogP contribution in [0.3, 0.4) is 0 Å². The molecule has 0 atom stereocenters. The highest BCUT2D eigenvalue weighted by atomic mass is 19.1. The Morgan fingerprint density at radius 1 is 1.35 bits per heavy atom. The van der Waals surface area contributed by atoms with Gasteiger partial charge in [-0.2, -0.15) is 0 Å². The summed E-state index contributed by atoms with van der Waals surface area (Å²) in [5.41, 5.74) is 0.193. The fraction of sp³-hybridized carbons (Fsp3) is 0.0833. The van der Waals surface area contributed by atoms with Crippen LogP contribution in [-0.2, 0) is 0 Å². The lowest BCUT2D eigenvalue weighted by Gasteiger charge is -2.02. The number of hydrogen-bond acceptors (Lipinski definition) is 3. The Hall–Kier alpha value is -2.30. The van der Waals surface area contributed by atoms with E-state index in [0.717, 1.165) is 0 Å². The van der Waals surface area contributed by atoms with Crippen LogP contribution < -0.4 is 4.74 Å². The summed E-state index contributed by atoms with van der Waals surface area (Å²) in [7, 11) is 1.43. The lowest BCUT2D eigenvalue weighted by Crippen LogP contribution is -1.92. The van der Waals surface area contributed by atoms with Crippen molar-refractivity contribution < 1.29 is 23.4 Å². The molecule has 1 heterocycles. The van der Waals surface area contributed by atoms with Gasteiger partial charge in [0, 0.05) is 6.07 Å². The lowest BCUT2D eigenvalue weighted by atomic mass is 10.1. The van der Waals surface area contributed by atoms with E-state index in [1.54, 1.807) is 6.07 Å². The highest BCUT2D eigenvalue weighted by Crippen LogP contribution is 2.27. The van der Waals surface area contributed by atoms with Crippen LogP contribution in [0.5, 0.6) is 5.75 Å². The molecule has 0 saturated carbocycles. The predicted molar refractivity (Wildman–Crippen MR) is 57.6 cm³/mol. The summed E-state index contributed by atoms with van der Waals surface area (Å²) < 4.78 is 23.5. The van der Waals surface area contributed by atoms with Gasteiger partial charge in [0.05, 0.1) is 12.7 Å². The molecule has 1 aromatic heterocycles. The van der Waals surface area contributed by atoms with Crippen molar-refractivity contribution in [3.8, 4) is 17.1 Å². The van der Waals surface area contributed by atoms with Crippen LogP contribution in [0, 0.1) is 5.82 Å². The smallest absolute Gasteiger partial charge is 0.371 e. The lowest BCUT2D eigenvalue weighted by molar-refractivity contribution is 0.0663. The second-order valence-corrected chi connectivity index (χ2v) is 3.31. The van der Waals surface area contributed by atoms with E-state index in [1.807, 2.05) is 0 Å². The maximum atomic E-state index is 13.6. The van der Waals surface area contributed by atoms with Crippen LogP contribution in [0.25, 0.3) is 11.3 Å². The molecule has 0 aliphatic heterocycles. The minimum atomic E-state index is -1.19. The van der Waals surface area contributed by atoms with Crippen molar-refractivity contribution in [2.75, 3.05) is 7.11 Å². The molecule has 0 radical (unpaired) electrons. The number of benzene rings is 1. The second kappa shape index (κ2) is 4.29. The summed E-state index contributed by atoms with van der Waals surface area (Å²) in [6.45, 7) is 0. The van der Waals surface area contributed by atoms with Crippen molar-refractivity contribution in [3.63, 3.8) is 0 Å². The fourth-order valence-electron chi connectivity index (χ4n) is 1.42. The third-order valence-corrected chi connectivity index (χ3v) is 2.26. The van der Waals surface area contributed by atoms with E-state index in [1.165, 1.54) is 31.4 Å². The molecule has 0 unspecified atom stereocenters. The molecule has 0 bridgehead atoms. The van der Waals surface area contributed by atoms with E-state index in [2.05, 4.69) is 0 Å².